The van der Waals surface area contributed by atoms with Crippen molar-refractivity contribution in [1.29, 1.82) is 0 Å². The second-order valence-corrected chi connectivity index (χ2v) is 4.62. The number of piperidine rings is 1. The van der Waals surface area contributed by atoms with Crippen LogP contribution in [-0.2, 0) is 0 Å². The molecule has 0 aromatic heterocycles. The van der Waals surface area contributed by atoms with Crippen molar-refractivity contribution >= 4 is 23.0 Å². The molecule has 1 aliphatic heterocycles. The Morgan fingerprint density at radius 1 is 1.53 bits per heavy atom. The molecular weight excluding hydrogens is 242 g/mol. The lowest BCUT2D eigenvalue weighted by Crippen LogP contribution is -2.43. The Bertz CT molecular complexity index is 439. The Morgan fingerprint density at radius 3 is 2.94 bits per heavy atom. The highest BCUT2D eigenvalue weighted by Crippen LogP contribution is 2.35. The van der Waals surface area contributed by atoms with Crippen LogP contribution in [-0.4, -0.2) is 24.1 Å². The van der Waals surface area contributed by atoms with E-state index in [1.165, 1.54) is 6.07 Å². The number of nitrogens with zero attached hydrogens (tertiary/aromatic N) is 2. The molecule has 1 atom stereocenters. The molecule has 0 amide bonds. The van der Waals surface area contributed by atoms with Gasteiger partial charge >= 0.3 is 5.69 Å². The number of nitro groups is 1. The first-order chi connectivity index (χ1) is 8.09. The molecule has 17 heavy (non-hydrogen) atoms. The van der Waals surface area contributed by atoms with Crippen molar-refractivity contribution in [2.75, 3.05) is 18.0 Å². The minimum atomic E-state index is -0.433. The van der Waals surface area contributed by atoms with Gasteiger partial charge in [0.25, 0.3) is 0 Å². The molecule has 0 bridgehead atoms. The van der Waals surface area contributed by atoms with Crippen LogP contribution in [0.3, 0.4) is 0 Å². The number of rotatable bonds is 2. The summed E-state index contributed by atoms with van der Waals surface area (Å²) in [5, 5.41) is 11.2. The summed E-state index contributed by atoms with van der Waals surface area (Å²) in [7, 11) is 0. The third kappa shape index (κ3) is 2.50. The normalized spacial score (nSPS) is 20.4. The average molecular weight is 256 g/mol. The third-order valence-corrected chi connectivity index (χ3v) is 3.25. The smallest absolute Gasteiger partial charge is 0.310 e. The quantitative estimate of drug-likeness (QED) is 0.649. The Kier molecular flexibility index (Phi) is 3.49. The van der Waals surface area contributed by atoms with Gasteiger partial charge in [-0.1, -0.05) is 17.7 Å². The molecule has 0 aliphatic carbocycles. The standard InChI is InChI=1S/C11H14ClN3O2/c12-9-4-1-5-10(11(9)15(16)17)14-6-2-3-8(13)7-14/h1,4-5,8H,2-3,6-7,13H2. The predicted octanol–water partition coefficient (Wildman–Crippen LogP) is 2.18. The van der Waals surface area contributed by atoms with E-state index in [-0.39, 0.29) is 16.8 Å². The minimum absolute atomic E-state index is 0.0248. The van der Waals surface area contributed by atoms with Crippen LogP contribution < -0.4 is 10.6 Å². The molecule has 0 spiro atoms. The van der Waals surface area contributed by atoms with Gasteiger partial charge in [-0.25, -0.2) is 0 Å². The van der Waals surface area contributed by atoms with Crippen molar-refractivity contribution in [2.24, 2.45) is 5.73 Å². The molecule has 6 heteroatoms. The van der Waals surface area contributed by atoms with Crippen LogP contribution in [0.25, 0.3) is 0 Å². The SMILES string of the molecule is NC1CCCN(c2cccc(Cl)c2[N+](=O)[O-])C1. The monoisotopic (exact) mass is 255 g/mol. The third-order valence-electron chi connectivity index (χ3n) is 2.95. The van der Waals surface area contributed by atoms with Gasteiger partial charge < -0.3 is 10.6 Å². The van der Waals surface area contributed by atoms with Gasteiger partial charge in [0.15, 0.2) is 0 Å². The lowest BCUT2D eigenvalue weighted by Gasteiger charge is -2.32. The lowest BCUT2D eigenvalue weighted by molar-refractivity contribution is -0.384. The summed E-state index contributed by atoms with van der Waals surface area (Å²) in [5.74, 6) is 0. The molecular formula is C11H14ClN3O2. The number of benzene rings is 1. The van der Waals surface area contributed by atoms with E-state index in [1.54, 1.807) is 12.1 Å². The van der Waals surface area contributed by atoms with E-state index in [4.69, 9.17) is 17.3 Å². The van der Waals surface area contributed by atoms with E-state index in [0.29, 0.717) is 12.2 Å². The van der Waals surface area contributed by atoms with Gasteiger partial charge in [0.05, 0.1) is 4.92 Å². The molecule has 1 aromatic carbocycles. The summed E-state index contributed by atoms with van der Waals surface area (Å²) >= 11 is 5.88. The van der Waals surface area contributed by atoms with Crippen molar-refractivity contribution in [2.45, 2.75) is 18.9 Å². The zero-order valence-electron chi connectivity index (χ0n) is 9.30. The molecule has 1 aliphatic rings. The van der Waals surface area contributed by atoms with Crippen molar-refractivity contribution in [3.05, 3.63) is 33.3 Å². The van der Waals surface area contributed by atoms with E-state index < -0.39 is 4.92 Å². The topological polar surface area (TPSA) is 72.4 Å². The molecule has 1 fully saturated rings. The molecule has 2 rings (SSSR count). The van der Waals surface area contributed by atoms with Crippen molar-refractivity contribution in [3.8, 4) is 0 Å². The number of anilines is 1. The number of nitrogens with two attached hydrogens (primary N) is 1. The molecule has 1 unspecified atom stereocenters. The van der Waals surface area contributed by atoms with Crippen molar-refractivity contribution in [1.82, 2.24) is 0 Å². The molecule has 0 saturated carbocycles. The van der Waals surface area contributed by atoms with Gasteiger partial charge in [0, 0.05) is 19.1 Å². The number of hydrogen-bond acceptors (Lipinski definition) is 4. The Labute approximate surface area is 104 Å². The van der Waals surface area contributed by atoms with E-state index in [1.807, 2.05) is 4.90 Å². The molecule has 1 heterocycles. The summed E-state index contributed by atoms with van der Waals surface area (Å²) in [6.07, 6.45) is 1.91. The fraction of sp³-hybridized carbons (Fsp3) is 0.455. The zero-order valence-corrected chi connectivity index (χ0v) is 10.1. The van der Waals surface area contributed by atoms with Gasteiger partial charge in [-0.3, -0.25) is 10.1 Å². The van der Waals surface area contributed by atoms with E-state index >= 15 is 0 Å². The molecule has 1 aromatic rings. The molecule has 92 valence electrons. The van der Waals surface area contributed by atoms with Gasteiger partial charge in [-0.2, -0.15) is 0 Å². The Balaban J connectivity index is 2.37. The number of hydrogen-bond donors (Lipinski definition) is 1. The summed E-state index contributed by atoms with van der Waals surface area (Å²) in [6, 6.07) is 5.06. The van der Waals surface area contributed by atoms with Crippen molar-refractivity contribution in [3.63, 3.8) is 0 Å². The van der Waals surface area contributed by atoms with E-state index in [9.17, 15) is 10.1 Å². The van der Waals surface area contributed by atoms with Crippen LogP contribution in [0.5, 0.6) is 0 Å². The Morgan fingerprint density at radius 2 is 2.29 bits per heavy atom. The van der Waals surface area contributed by atoms with E-state index in [0.717, 1.165) is 19.4 Å². The van der Waals surface area contributed by atoms with E-state index in [2.05, 4.69) is 0 Å². The fourth-order valence-corrected chi connectivity index (χ4v) is 2.41. The highest BCUT2D eigenvalue weighted by Gasteiger charge is 2.25. The average Bonchev–Trinajstić information content (AvgIpc) is 2.28. The second-order valence-electron chi connectivity index (χ2n) is 4.21. The second kappa shape index (κ2) is 4.89. The molecule has 5 nitrogen and oxygen atoms in total. The summed E-state index contributed by atoms with van der Waals surface area (Å²) in [6.45, 7) is 1.43. The van der Waals surface area contributed by atoms with Crippen LogP contribution in [0.15, 0.2) is 18.2 Å². The predicted molar refractivity (Wildman–Crippen MR) is 67.5 cm³/mol. The van der Waals surface area contributed by atoms with Crippen LogP contribution in [0.4, 0.5) is 11.4 Å². The minimum Gasteiger partial charge on any atom is -0.364 e. The van der Waals surface area contributed by atoms with Crippen molar-refractivity contribution < 1.29 is 4.92 Å². The number of halogens is 1. The molecule has 0 radical (unpaired) electrons. The lowest BCUT2D eigenvalue weighted by atomic mass is 10.1. The molecule has 2 N–H and O–H groups in total. The first-order valence-corrected chi connectivity index (χ1v) is 5.91. The number of para-hydroxylation sites is 1. The van der Waals surface area contributed by atoms with Crippen LogP contribution >= 0.6 is 11.6 Å². The van der Waals surface area contributed by atoms with Crippen LogP contribution in [0, 0.1) is 10.1 Å². The summed E-state index contributed by atoms with van der Waals surface area (Å²) in [5.41, 5.74) is 6.42. The maximum absolute atomic E-state index is 11.0. The molecule has 1 saturated heterocycles. The van der Waals surface area contributed by atoms with Gasteiger partial charge in [-0.15, -0.1) is 0 Å². The van der Waals surface area contributed by atoms with Gasteiger partial charge in [0.2, 0.25) is 0 Å². The maximum Gasteiger partial charge on any atom is 0.310 e. The highest BCUT2D eigenvalue weighted by atomic mass is 35.5. The summed E-state index contributed by atoms with van der Waals surface area (Å²) < 4.78 is 0. The maximum atomic E-state index is 11.0. The number of nitro benzene ring substituents is 1. The first-order valence-electron chi connectivity index (χ1n) is 5.53. The Hall–Kier alpha value is -1.33. The summed E-state index contributed by atoms with van der Waals surface area (Å²) in [4.78, 5) is 12.5. The van der Waals surface area contributed by atoms with Gasteiger partial charge in [0.1, 0.15) is 10.7 Å². The fourth-order valence-electron chi connectivity index (χ4n) is 2.17. The highest BCUT2D eigenvalue weighted by molar-refractivity contribution is 6.33. The van der Waals surface area contributed by atoms with Gasteiger partial charge in [-0.05, 0) is 25.0 Å². The zero-order chi connectivity index (χ0) is 12.4. The van der Waals surface area contributed by atoms with Crippen LogP contribution in [0.2, 0.25) is 5.02 Å². The largest absolute Gasteiger partial charge is 0.364 e. The van der Waals surface area contributed by atoms with Crippen LogP contribution in [0.1, 0.15) is 12.8 Å². The first kappa shape index (κ1) is 12.1.